The molecular weight excluding hydrogens is 320 g/mol. The number of nitrogens with two attached hydrogens (primary N) is 1. The third-order valence-electron chi connectivity index (χ3n) is 3.86. The maximum absolute atomic E-state index is 11.2. The Hall–Kier alpha value is -2.80. The number of hydrogen-bond donors (Lipinski definition) is 3. The number of nitrogens with one attached hydrogen (secondary N) is 2. The number of rotatable bonds is 5. The van der Waals surface area contributed by atoms with Gasteiger partial charge in [0.25, 0.3) is 0 Å². The number of hydrogen-bond acceptors (Lipinski definition) is 5. The standard InChI is InChI=1S/C18H24N4O3/c1-11-6-8-13(15-16(11)24-10-18(15,3)4)25-14(20-5)9-7-12(2)21-17(23)22-19/h6-9H,5,10,19H2,1-4H3,(H2,21,22,23)/b12-7+,14-9+. The Morgan fingerprint density at radius 2 is 2.16 bits per heavy atom. The second kappa shape index (κ2) is 7.40. The van der Waals surface area contributed by atoms with Gasteiger partial charge in [-0.1, -0.05) is 19.9 Å². The fourth-order valence-corrected chi connectivity index (χ4v) is 2.59. The van der Waals surface area contributed by atoms with Crippen molar-refractivity contribution in [2.45, 2.75) is 33.1 Å². The first kappa shape index (κ1) is 18.5. The number of hydrazine groups is 1. The van der Waals surface area contributed by atoms with Crippen LogP contribution < -0.4 is 26.1 Å². The first-order valence-electron chi connectivity index (χ1n) is 7.86. The summed E-state index contributed by atoms with van der Waals surface area (Å²) in [6.07, 6.45) is 3.27. The van der Waals surface area contributed by atoms with Crippen LogP contribution in [0.5, 0.6) is 11.5 Å². The largest absolute Gasteiger partial charge is 0.492 e. The van der Waals surface area contributed by atoms with E-state index in [1.807, 2.05) is 24.5 Å². The molecule has 0 aromatic heterocycles. The minimum atomic E-state index is -0.508. The molecule has 0 aliphatic carbocycles. The quantitative estimate of drug-likeness (QED) is 0.191. The molecule has 1 aliphatic heterocycles. The van der Waals surface area contributed by atoms with Gasteiger partial charge in [-0.3, -0.25) is 5.43 Å². The fraction of sp³-hybridized carbons (Fsp3) is 0.333. The van der Waals surface area contributed by atoms with Gasteiger partial charge in [-0.2, -0.15) is 0 Å². The first-order valence-corrected chi connectivity index (χ1v) is 7.86. The van der Waals surface area contributed by atoms with Crippen molar-refractivity contribution in [3.8, 4) is 11.5 Å². The van der Waals surface area contributed by atoms with Crippen LogP contribution in [0.25, 0.3) is 0 Å². The lowest BCUT2D eigenvalue weighted by atomic mass is 9.85. The summed E-state index contributed by atoms with van der Waals surface area (Å²) in [5.41, 5.74) is 4.49. The number of allylic oxidation sites excluding steroid dienone is 3. The predicted octanol–water partition coefficient (Wildman–Crippen LogP) is 2.66. The molecule has 0 unspecified atom stereocenters. The zero-order valence-corrected chi connectivity index (χ0v) is 15.0. The number of urea groups is 1. The molecule has 0 atom stereocenters. The number of benzene rings is 1. The number of carbonyl (C=O) groups is 1. The Morgan fingerprint density at radius 3 is 2.80 bits per heavy atom. The van der Waals surface area contributed by atoms with Crippen molar-refractivity contribution >= 4 is 12.7 Å². The van der Waals surface area contributed by atoms with E-state index in [1.54, 1.807) is 19.1 Å². The molecule has 134 valence electrons. The summed E-state index contributed by atoms with van der Waals surface area (Å²) in [5, 5.41) is 2.54. The fourth-order valence-electron chi connectivity index (χ4n) is 2.59. The van der Waals surface area contributed by atoms with Gasteiger partial charge in [0.1, 0.15) is 11.5 Å². The highest BCUT2D eigenvalue weighted by atomic mass is 16.5. The molecule has 0 saturated carbocycles. The Balaban J connectivity index is 2.28. The molecule has 1 aliphatic rings. The van der Waals surface area contributed by atoms with E-state index in [1.165, 1.54) is 0 Å². The lowest BCUT2D eigenvalue weighted by molar-refractivity contribution is 0.243. The van der Waals surface area contributed by atoms with Crippen LogP contribution in [0.3, 0.4) is 0 Å². The van der Waals surface area contributed by atoms with Crippen molar-refractivity contribution in [1.82, 2.24) is 10.7 Å². The summed E-state index contributed by atoms with van der Waals surface area (Å²) in [6.45, 7) is 12.1. The number of aryl methyl sites for hydroxylation is 1. The Morgan fingerprint density at radius 1 is 1.44 bits per heavy atom. The van der Waals surface area contributed by atoms with Gasteiger partial charge < -0.3 is 14.8 Å². The van der Waals surface area contributed by atoms with Crippen LogP contribution in [0.15, 0.2) is 40.9 Å². The van der Waals surface area contributed by atoms with Crippen molar-refractivity contribution in [2.24, 2.45) is 10.8 Å². The smallest absolute Gasteiger partial charge is 0.333 e. The Kier molecular flexibility index (Phi) is 5.48. The summed E-state index contributed by atoms with van der Waals surface area (Å²) < 4.78 is 11.8. The molecule has 2 rings (SSSR count). The predicted molar refractivity (Wildman–Crippen MR) is 97.6 cm³/mol. The molecule has 7 heteroatoms. The number of fused-ring (bicyclic) bond motifs is 1. The van der Waals surface area contributed by atoms with Gasteiger partial charge in [0.05, 0.1) is 6.61 Å². The van der Waals surface area contributed by atoms with E-state index in [9.17, 15) is 4.79 Å². The van der Waals surface area contributed by atoms with Gasteiger partial charge in [-0.15, -0.1) is 0 Å². The van der Waals surface area contributed by atoms with E-state index < -0.39 is 6.03 Å². The highest BCUT2D eigenvalue weighted by molar-refractivity contribution is 5.75. The number of nitrogens with zero attached hydrogens (tertiary/aromatic N) is 1. The van der Waals surface area contributed by atoms with E-state index in [0.29, 0.717) is 23.9 Å². The molecule has 0 fully saturated rings. The zero-order valence-electron chi connectivity index (χ0n) is 15.0. The van der Waals surface area contributed by atoms with E-state index >= 15 is 0 Å². The van der Waals surface area contributed by atoms with Crippen LogP contribution in [-0.4, -0.2) is 19.4 Å². The molecule has 4 N–H and O–H groups in total. The van der Waals surface area contributed by atoms with E-state index in [4.69, 9.17) is 15.3 Å². The van der Waals surface area contributed by atoms with Crippen LogP contribution in [0.4, 0.5) is 4.79 Å². The molecule has 1 aromatic rings. The van der Waals surface area contributed by atoms with Crippen LogP contribution in [-0.2, 0) is 5.41 Å². The summed E-state index contributed by atoms with van der Waals surface area (Å²) in [7, 11) is 0. The second-order valence-electron chi connectivity index (χ2n) is 6.47. The van der Waals surface area contributed by atoms with Crippen molar-refractivity contribution in [2.75, 3.05) is 6.61 Å². The molecule has 7 nitrogen and oxygen atoms in total. The van der Waals surface area contributed by atoms with Gasteiger partial charge in [0.2, 0.25) is 5.88 Å². The average molecular weight is 344 g/mol. The van der Waals surface area contributed by atoms with E-state index in [0.717, 1.165) is 16.9 Å². The molecule has 1 heterocycles. The van der Waals surface area contributed by atoms with E-state index in [2.05, 4.69) is 30.9 Å². The topological polar surface area (TPSA) is 98.0 Å². The lowest BCUT2D eigenvalue weighted by Crippen LogP contribution is -2.38. The summed E-state index contributed by atoms with van der Waals surface area (Å²) in [4.78, 5) is 15.1. The molecule has 2 amide bonds. The minimum Gasteiger partial charge on any atom is -0.492 e. The molecule has 0 spiro atoms. The maximum atomic E-state index is 11.2. The van der Waals surface area contributed by atoms with Crippen molar-refractivity contribution in [1.29, 1.82) is 0 Å². The number of carbonyl (C=O) groups excluding carboxylic acids is 1. The molecule has 0 bridgehead atoms. The third-order valence-corrected chi connectivity index (χ3v) is 3.86. The molecule has 0 saturated heterocycles. The summed E-state index contributed by atoms with van der Waals surface area (Å²) in [6, 6.07) is 3.34. The minimum absolute atomic E-state index is 0.157. The average Bonchev–Trinajstić information content (AvgIpc) is 2.90. The summed E-state index contributed by atoms with van der Waals surface area (Å²) >= 11 is 0. The highest BCUT2D eigenvalue weighted by Crippen LogP contribution is 2.46. The first-order chi connectivity index (χ1) is 11.8. The lowest BCUT2D eigenvalue weighted by Gasteiger charge is -2.19. The Labute approximate surface area is 147 Å². The van der Waals surface area contributed by atoms with Crippen molar-refractivity contribution in [3.63, 3.8) is 0 Å². The van der Waals surface area contributed by atoms with E-state index in [-0.39, 0.29) is 5.41 Å². The van der Waals surface area contributed by atoms with Crippen LogP contribution in [0, 0.1) is 6.92 Å². The molecule has 25 heavy (non-hydrogen) atoms. The van der Waals surface area contributed by atoms with Gasteiger partial charge in [0.15, 0.2) is 0 Å². The van der Waals surface area contributed by atoms with Crippen LogP contribution in [0.2, 0.25) is 0 Å². The third kappa shape index (κ3) is 4.19. The van der Waals surface area contributed by atoms with Crippen LogP contribution >= 0.6 is 0 Å². The SMILES string of the molecule is C=N/C(=C\C=C(/C)NC(=O)NN)Oc1ccc(C)c2c1C(C)(C)CO2. The number of aliphatic imine (C=N–C) groups is 1. The number of amides is 2. The van der Waals surface area contributed by atoms with Crippen LogP contribution in [0.1, 0.15) is 31.9 Å². The van der Waals surface area contributed by atoms with Gasteiger partial charge in [-0.05, 0) is 38.3 Å². The normalized spacial score (nSPS) is 15.9. The van der Waals surface area contributed by atoms with Crippen molar-refractivity contribution < 1.29 is 14.3 Å². The summed E-state index contributed by atoms with van der Waals surface area (Å²) in [5.74, 6) is 6.87. The Bertz CT molecular complexity index is 751. The second-order valence-corrected chi connectivity index (χ2v) is 6.47. The monoisotopic (exact) mass is 344 g/mol. The van der Waals surface area contributed by atoms with Gasteiger partial charge in [0, 0.05) is 22.8 Å². The van der Waals surface area contributed by atoms with Crippen molar-refractivity contribution in [3.05, 3.63) is 47.0 Å². The highest BCUT2D eigenvalue weighted by Gasteiger charge is 2.36. The molecule has 0 radical (unpaired) electrons. The van der Waals surface area contributed by atoms with Gasteiger partial charge in [-0.25, -0.2) is 15.6 Å². The maximum Gasteiger partial charge on any atom is 0.333 e. The molecule has 1 aromatic carbocycles. The zero-order chi connectivity index (χ0) is 18.6. The molecular formula is C18H24N4O3. The number of ether oxygens (including phenoxy) is 2. The van der Waals surface area contributed by atoms with Gasteiger partial charge >= 0.3 is 6.03 Å².